The van der Waals surface area contributed by atoms with Crippen LogP contribution in [0.25, 0.3) is 0 Å². The van der Waals surface area contributed by atoms with Gasteiger partial charge in [0.1, 0.15) is 11.6 Å². The maximum atomic E-state index is 13.7. The van der Waals surface area contributed by atoms with Crippen molar-refractivity contribution in [3.8, 4) is 0 Å². The number of hydrogen-bond donors (Lipinski definition) is 1. The molecular weight excluding hydrogens is 326 g/mol. The van der Waals surface area contributed by atoms with Crippen molar-refractivity contribution in [2.45, 2.75) is 26.2 Å². The molecule has 3 rings (SSSR count). The van der Waals surface area contributed by atoms with Crippen LogP contribution in [0.3, 0.4) is 0 Å². The Morgan fingerprint density at radius 2 is 1.92 bits per heavy atom. The summed E-state index contributed by atoms with van der Waals surface area (Å²) >= 11 is 0. The Hall–Kier alpha value is -2.76. The largest absolute Gasteiger partial charge is 0.322 e. The summed E-state index contributed by atoms with van der Waals surface area (Å²) in [6, 6.07) is 7.99. The van der Waals surface area contributed by atoms with Crippen molar-refractivity contribution >= 4 is 23.2 Å². The maximum absolute atomic E-state index is 13.7. The summed E-state index contributed by atoms with van der Waals surface area (Å²) in [5, 5.41) is 2.60. The van der Waals surface area contributed by atoms with E-state index in [4.69, 9.17) is 0 Å². The molecule has 0 aromatic heterocycles. The minimum atomic E-state index is -0.912. The zero-order chi connectivity index (χ0) is 18.0. The number of amides is 2. The van der Waals surface area contributed by atoms with E-state index < -0.39 is 17.5 Å². The molecule has 1 N–H and O–H groups in total. The SMILES string of the molecule is Cc1cc(NC(=O)c2ccc(F)cc2F)ccc1N1CCCCC1=O. The molecule has 0 bridgehead atoms. The lowest BCUT2D eigenvalue weighted by Crippen LogP contribution is -2.35. The third kappa shape index (κ3) is 3.68. The van der Waals surface area contributed by atoms with E-state index in [0.717, 1.165) is 36.2 Å². The first-order chi connectivity index (χ1) is 12.0. The maximum Gasteiger partial charge on any atom is 0.258 e. The van der Waals surface area contributed by atoms with Gasteiger partial charge in [-0.3, -0.25) is 9.59 Å². The summed E-state index contributed by atoms with van der Waals surface area (Å²) in [6.45, 7) is 2.54. The molecule has 6 heteroatoms. The summed E-state index contributed by atoms with van der Waals surface area (Å²) in [4.78, 5) is 26.0. The average Bonchev–Trinajstić information content (AvgIpc) is 2.56. The van der Waals surface area contributed by atoms with Crippen molar-refractivity contribution in [3.63, 3.8) is 0 Å². The molecular formula is C19H18F2N2O2. The summed E-state index contributed by atoms with van der Waals surface area (Å²) in [5.74, 6) is -2.21. The molecule has 2 aromatic rings. The first-order valence-corrected chi connectivity index (χ1v) is 8.13. The molecule has 1 aliphatic rings. The van der Waals surface area contributed by atoms with Crippen molar-refractivity contribution in [1.29, 1.82) is 0 Å². The molecule has 0 atom stereocenters. The normalized spacial score (nSPS) is 14.5. The fourth-order valence-corrected chi connectivity index (χ4v) is 2.97. The Morgan fingerprint density at radius 1 is 1.12 bits per heavy atom. The van der Waals surface area contributed by atoms with Gasteiger partial charge in [0.2, 0.25) is 5.91 Å². The van der Waals surface area contributed by atoms with E-state index in [1.165, 1.54) is 0 Å². The van der Waals surface area contributed by atoms with Gasteiger partial charge in [0.05, 0.1) is 5.56 Å². The monoisotopic (exact) mass is 344 g/mol. The van der Waals surface area contributed by atoms with Crippen LogP contribution in [0.2, 0.25) is 0 Å². The van der Waals surface area contributed by atoms with Crippen molar-refractivity contribution in [2.24, 2.45) is 0 Å². The topological polar surface area (TPSA) is 49.4 Å². The van der Waals surface area contributed by atoms with Gasteiger partial charge in [-0.1, -0.05) is 0 Å². The molecule has 0 radical (unpaired) electrons. The second-order valence-electron chi connectivity index (χ2n) is 6.08. The van der Waals surface area contributed by atoms with E-state index in [9.17, 15) is 18.4 Å². The second kappa shape index (κ2) is 7.01. The van der Waals surface area contributed by atoms with Crippen molar-refractivity contribution in [3.05, 3.63) is 59.2 Å². The third-order valence-corrected chi connectivity index (χ3v) is 4.24. The Labute approximate surface area is 144 Å². The van der Waals surface area contributed by atoms with E-state index in [0.29, 0.717) is 24.7 Å². The van der Waals surface area contributed by atoms with E-state index >= 15 is 0 Å². The van der Waals surface area contributed by atoms with Gasteiger partial charge in [0.25, 0.3) is 5.91 Å². The van der Waals surface area contributed by atoms with Crippen molar-refractivity contribution in [2.75, 3.05) is 16.8 Å². The van der Waals surface area contributed by atoms with E-state index in [1.54, 1.807) is 23.1 Å². The summed E-state index contributed by atoms with van der Waals surface area (Å²) < 4.78 is 26.6. The van der Waals surface area contributed by atoms with Gasteiger partial charge in [0.15, 0.2) is 0 Å². The number of nitrogens with one attached hydrogen (secondary N) is 1. The van der Waals surface area contributed by atoms with Crippen LogP contribution in [-0.2, 0) is 4.79 Å². The van der Waals surface area contributed by atoms with Gasteiger partial charge >= 0.3 is 0 Å². The second-order valence-corrected chi connectivity index (χ2v) is 6.08. The predicted molar refractivity (Wildman–Crippen MR) is 91.7 cm³/mol. The lowest BCUT2D eigenvalue weighted by molar-refractivity contribution is -0.119. The molecule has 1 aliphatic heterocycles. The number of carbonyl (C=O) groups is 2. The van der Waals surface area contributed by atoms with Crippen LogP contribution in [0.1, 0.15) is 35.2 Å². The first-order valence-electron chi connectivity index (χ1n) is 8.13. The summed E-state index contributed by atoms with van der Waals surface area (Å²) in [5.41, 5.74) is 1.91. The minimum Gasteiger partial charge on any atom is -0.322 e. The number of rotatable bonds is 3. The van der Waals surface area contributed by atoms with Crippen LogP contribution in [-0.4, -0.2) is 18.4 Å². The molecule has 1 heterocycles. The third-order valence-electron chi connectivity index (χ3n) is 4.24. The zero-order valence-electron chi connectivity index (χ0n) is 13.8. The van der Waals surface area contributed by atoms with E-state index in [1.807, 2.05) is 6.92 Å². The Bertz CT molecular complexity index is 836. The number of hydrogen-bond acceptors (Lipinski definition) is 2. The van der Waals surface area contributed by atoms with Crippen LogP contribution >= 0.6 is 0 Å². The number of piperidine rings is 1. The van der Waals surface area contributed by atoms with Crippen LogP contribution in [0.15, 0.2) is 36.4 Å². The van der Waals surface area contributed by atoms with E-state index in [-0.39, 0.29) is 11.5 Å². The molecule has 0 spiro atoms. The number of aryl methyl sites for hydroxylation is 1. The molecule has 0 unspecified atom stereocenters. The fraction of sp³-hybridized carbons (Fsp3) is 0.263. The molecule has 25 heavy (non-hydrogen) atoms. The molecule has 2 amide bonds. The lowest BCUT2D eigenvalue weighted by atomic mass is 10.1. The van der Waals surface area contributed by atoms with E-state index in [2.05, 4.69) is 5.32 Å². The number of benzene rings is 2. The lowest BCUT2D eigenvalue weighted by Gasteiger charge is -2.28. The number of nitrogens with zero attached hydrogens (tertiary/aromatic N) is 1. The molecule has 4 nitrogen and oxygen atoms in total. The zero-order valence-corrected chi connectivity index (χ0v) is 13.8. The van der Waals surface area contributed by atoms with Gasteiger partial charge in [-0.05, 0) is 55.7 Å². The highest BCUT2D eigenvalue weighted by Gasteiger charge is 2.21. The van der Waals surface area contributed by atoms with Crippen LogP contribution in [0, 0.1) is 18.6 Å². The molecule has 1 saturated heterocycles. The molecule has 0 saturated carbocycles. The number of anilines is 2. The van der Waals surface area contributed by atoms with Crippen LogP contribution in [0.5, 0.6) is 0 Å². The van der Waals surface area contributed by atoms with Crippen LogP contribution < -0.4 is 10.2 Å². The number of halogens is 2. The van der Waals surface area contributed by atoms with Gasteiger partial charge in [-0.2, -0.15) is 0 Å². The first kappa shape index (κ1) is 17.1. The molecule has 0 aliphatic carbocycles. The Morgan fingerprint density at radius 3 is 2.60 bits per heavy atom. The number of carbonyl (C=O) groups excluding carboxylic acids is 2. The average molecular weight is 344 g/mol. The van der Waals surface area contributed by atoms with Gasteiger partial charge < -0.3 is 10.2 Å². The predicted octanol–water partition coefficient (Wildman–Crippen LogP) is 4.04. The van der Waals surface area contributed by atoms with Crippen molar-refractivity contribution < 1.29 is 18.4 Å². The standard InChI is InChI=1S/C19H18F2N2O2/c1-12-10-14(6-8-17(12)23-9-3-2-4-18(23)24)22-19(25)15-7-5-13(20)11-16(15)21/h5-8,10-11H,2-4,9H2,1H3,(H,22,25). The fourth-order valence-electron chi connectivity index (χ4n) is 2.97. The van der Waals surface area contributed by atoms with Crippen molar-refractivity contribution in [1.82, 2.24) is 0 Å². The molecule has 130 valence electrons. The highest BCUT2D eigenvalue weighted by Crippen LogP contribution is 2.27. The Balaban J connectivity index is 1.78. The molecule has 2 aromatic carbocycles. The smallest absolute Gasteiger partial charge is 0.258 e. The highest BCUT2D eigenvalue weighted by atomic mass is 19.1. The quantitative estimate of drug-likeness (QED) is 0.913. The molecule has 1 fully saturated rings. The summed E-state index contributed by atoms with van der Waals surface area (Å²) in [7, 11) is 0. The Kier molecular flexibility index (Phi) is 4.79. The van der Waals surface area contributed by atoms with Gasteiger partial charge in [-0.15, -0.1) is 0 Å². The van der Waals surface area contributed by atoms with Gasteiger partial charge in [-0.25, -0.2) is 8.78 Å². The minimum absolute atomic E-state index is 0.0968. The van der Waals surface area contributed by atoms with Crippen LogP contribution in [0.4, 0.5) is 20.2 Å². The summed E-state index contributed by atoms with van der Waals surface area (Å²) in [6.07, 6.45) is 2.42. The highest BCUT2D eigenvalue weighted by molar-refractivity contribution is 6.04. The van der Waals surface area contributed by atoms with Gasteiger partial charge in [0, 0.05) is 30.4 Å².